The van der Waals surface area contributed by atoms with E-state index in [9.17, 15) is 13.6 Å². The monoisotopic (exact) mass is 294 g/mol. The summed E-state index contributed by atoms with van der Waals surface area (Å²) in [5.74, 6) is -2.79. The molecule has 21 heavy (non-hydrogen) atoms. The SMILES string of the molecule is O=C(Nc1nnc(C2CCCN2)o1)c1cccc(F)c1F. The van der Waals surface area contributed by atoms with Crippen molar-refractivity contribution < 1.29 is 18.0 Å². The van der Waals surface area contributed by atoms with Crippen molar-refractivity contribution in [3.8, 4) is 0 Å². The summed E-state index contributed by atoms with van der Waals surface area (Å²) in [6, 6.07) is 3.17. The van der Waals surface area contributed by atoms with Crippen molar-refractivity contribution in [1.29, 1.82) is 0 Å². The molecule has 2 aromatic rings. The lowest BCUT2D eigenvalue weighted by atomic mass is 10.2. The fraction of sp³-hybridized carbons (Fsp3) is 0.308. The van der Waals surface area contributed by atoms with Gasteiger partial charge in [0.25, 0.3) is 5.91 Å². The number of rotatable bonds is 3. The van der Waals surface area contributed by atoms with Gasteiger partial charge in [0.05, 0.1) is 11.6 Å². The molecule has 2 heterocycles. The minimum Gasteiger partial charge on any atom is -0.406 e. The smallest absolute Gasteiger partial charge is 0.322 e. The van der Waals surface area contributed by atoms with Crippen molar-refractivity contribution in [2.75, 3.05) is 11.9 Å². The van der Waals surface area contributed by atoms with Gasteiger partial charge >= 0.3 is 6.01 Å². The number of nitrogens with one attached hydrogen (secondary N) is 2. The quantitative estimate of drug-likeness (QED) is 0.905. The van der Waals surface area contributed by atoms with E-state index in [0.29, 0.717) is 5.89 Å². The van der Waals surface area contributed by atoms with Crippen LogP contribution >= 0.6 is 0 Å². The van der Waals surface area contributed by atoms with E-state index in [2.05, 4.69) is 20.8 Å². The highest BCUT2D eigenvalue weighted by molar-refractivity contribution is 6.03. The molecule has 1 aliphatic rings. The van der Waals surface area contributed by atoms with Gasteiger partial charge in [0, 0.05) is 0 Å². The summed E-state index contributed by atoms with van der Waals surface area (Å²) in [6.07, 6.45) is 1.87. The average Bonchev–Trinajstić information content (AvgIpc) is 3.12. The molecule has 1 aromatic heterocycles. The van der Waals surface area contributed by atoms with Gasteiger partial charge < -0.3 is 9.73 Å². The van der Waals surface area contributed by atoms with Crippen LogP contribution in [0.3, 0.4) is 0 Å². The second-order valence-corrected chi connectivity index (χ2v) is 4.65. The van der Waals surface area contributed by atoms with E-state index < -0.39 is 23.1 Å². The van der Waals surface area contributed by atoms with Crippen LogP contribution in [-0.4, -0.2) is 22.6 Å². The molecule has 8 heteroatoms. The Hall–Kier alpha value is -2.35. The maximum absolute atomic E-state index is 13.5. The van der Waals surface area contributed by atoms with Gasteiger partial charge in [-0.05, 0) is 31.5 Å². The molecular weight excluding hydrogens is 282 g/mol. The van der Waals surface area contributed by atoms with E-state index in [1.54, 1.807) is 0 Å². The van der Waals surface area contributed by atoms with Crippen molar-refractivity contribution in [2.24, 2.45) is 0 Å². The molecular formula is C13H12F2N4O2. The van der Waals surface area contributed by atoms with Crippen LogP contribution < -0.4 is 10.6 Å². The number of carbonyl (C=O) groups excluding carboxylic acids is 1. The maximum atomic E-state index is 13.5. The van der Waals surface area contributed by atoms with E-state index in [4.69, 9.17) is 4.42 Å². The summed E-state index contributed by atoms with van der Waals surface area (Å²) in [5, 5.41) is 12.9. The highest BCUT2D eigenvalue weighted by atomic mass is 19.2. The molecule has 1 aliphatic heterocycles. The molecule has 1 saturated heterocycles. The van der Waals surface area contributed by atoms with Gasteiger partial charge in [-0.25, -0.2) is 8.78 Å². The molecule has 1 fully saturated rings. The highest BCUT2D eigenvalue weighted by Gasteiger charge is 2.23. The Morgan fingerprint density at radius 2 is 2.24 bits per heavy atom. The number of anilines is 1. The van der Waals surface area contributed by atoms with Gasteiger partial charge in [0.15, 0.2) is 11.6 Å². The number of hydrogen-bond donors (Lipinski definition) is 2. The molecule has 110 valence electrons. The molecule has 1 unspecified atom stereocenters. The normalized spacial score (nSPS) is 17.9. The van der Waals surface area contributed by atoms with Crippen molar-refractivity contribution >= 4 is 11.9 Å². The van der Waals surface area contributed by atoms with Crippen LogP contribution in [0.15, 0.2) is 22.6 Å². The molecule has 0 bridgehead atoms. The van der Waals surface area contributed by atoms with Crippen LogP contribution in [0, 0.1) is 11.6 Å². The van der Waals surface area contributed by atoms with Gasteiger partial charge in [-0.1, -0.05) is 11.2 Å². The van der Waals surface area contributed by atoms with E-state index in [0.717, 1.165) is 25.5 Å². The third-order valence-electron chi connectivity index (χ3n) is 3.22. The summed E-state index contributed by atoms with van der Waals surface area (Å²) in [4.78, 5) is 11.9. The molecule has 0 radical (unpaired) electrons. The Balaban J connectivity index is 1.74. The minimum absolute atomic E-state index is 0.0333. The number of hydrogen-bond acceptors (Lipinski definition) is 5. The van der Waals surface area contributed by atoms with Crippen LogP contribution in [0.4, 0.5) is 14.8 Å². The second-order valence-electron chi connectivity index (χ2n) is 4.65. The molecule has 2 N–H and O–H groups in total. The Morgan fingerprint density at radius 3 is 3.00 bits per heavy atom. The number of aromatic nitrogens is 2. The fourth-order valence-electron chi connectivity index (χ4n) is 2.16. The zero-order valence-electron chi connectivity index (χ0n) is 10.9. The first-order valence-corrected chi connectivity index (χ1v) is 6.47. The molecule has 6 nitrogen and oxygen atoms in total. The van der Waals surface area contributed by atoms with Crippen LogP contribution in [0.2, 0.25) is 0 Å². The summed E-state index contributed by atoms with van der Waals surface area (Å²) in [7, 11) is 0. The summed E-state index contributed by atoms with van der Waals surface area (Å²) >= 11 is 0. The van der Waals surface area contributed by atoms with Gasteiger partial charge in [0.1, 0.15) is 0 Å². The molecule has 3 rings (SSSR count). The van der Waals surface area contributed by atoms with Crippen LogP contribution in [0.5, 0.6) is 0 Å². The zero-order chi connectivity index (χ0) is 14.8. The largest absolute Gasteiger partial charge is 0.406 e. The summed E-state index contributed by atoms with van der Waals surface area (Å²) in [5.41, 5.74) is -0.422. The highest BCUT2D eigenvalue weighted by Crippen LogP contribution is 2.23. The third-order valence-corrected chi connectivity index (χ3v) is 3.22. The van der Waals surface area contributed by atoms with Gasteiger partial charge in [-0.3, -0.25) is 10.1 Å². The van der Waals surface area contributed by atoms with Crippen LogP contribution in [0.1, 0.15) is 35.1 Å². The maximum Gasteiger partial charge on any atom is 0.322 e. The van der Waals surface area contributed by atoms with Crippen molar-refractivity contribution in [1.82, 2.24) is 15.5 Å². The number of nitrogens with zero attached hydrogens (tertiary/aromatic N) is 2. The van der Waals surface area contributed by atoms with E-state index in [1.807, 2.05) is 0 Å². The third kappa shape index (κ3) is 2.75. The first kappa shape index (κ1) is 13.6. The lowest BCUT2D eigenvalue weighted by Gasteiger charge is -2.04. The van der Waals surface area contributed by atoms with Gasteiger partial charge in [0.2, 0.25) is 5.89 Å². The molecule has 1 amide bonds. The predicted octanol–water partition coefficient (Wildman–Crippen LogP) is 2.02. The second kappa shape index (κ2) is 5.57. The molecule has 0 saturated carbocycles. The van der Waals surface area contributed by atoms with Gasteiger partial charge in [-0.15, -0.1) is 5.10 Å². The summed E-state index contributed by atoms with van der Waals surface area (Å²) in [6.45, 7) is 0.864. The average molecular weight is 294 g/mol. The Morgan fingerprint density at radius 1 is 1.38 bits per heavy atom. The minimum atomic E-state index is -1.22. The van der Waals surface area contributed by atoms with E-state index in [-0.39, 0.29) is 12.1 Å². The Bertz CT molecular complexity index is 668. The first-order chi connectivity index (χ1) is 10.1. The lowest BCUT2D eigenvalue weighted by Crippen LogP contribution is -2.15. The number of amides is 1. The topological polar surface area (TPSA) is 80.0 Å². The Labute approximate surface area is 118 Å². The Kier molecular flexibility index (Phi) is 3.61. The molecule has 1 atom stereocenters. The lowest BCUT2D eigenvalue weighted by molar-refractivity contribution is 0.101. The van der Waals surface area contributed by atoms with Crippen molar-refractivity contribution in [3.05, 3.63) is 41.3 Å². The van der Waals surface area contributed by atoms with Crippen LogP contribution in [-0.2, 0) is 0 Å². The van der Waals surface area contributed by atoms with E-state index in [1.165, 1.54) is 12.1 Å². The number of halogens is 2. The molecule has 0 spiro atoms. The van der Waals surface area contributed by atoms with Crippen molar-refractivity contribution in [2.45, 2.75) is 18.9 Å². The van der Waals surface area contributed by atoms with Crippen LogP contribution in [0.25, 0.3) is 0 Å². The standard InChI is InChI=1S/C13H12F2N4O2/c14-8-4-1-3-7(10(8)15)11(20)17-13-19-18-12(21-13)9-5-2-6-16-9/h1,3-4,9,16H,2,5-6H2,(H,17,19,20). The first-order valence-electron chi connectivity index (χ1n) is 6.47. The predicted molar refractivity (Wildman–Crippen MR) is 68.6 cm³/mol. The summed E-state index contributed by atoms with van der Waals surface area (Å²) < 4.78 is 31.9. The molecule has 1 aromatic carbocycles. The number of carbonyl (C=O) groups is 1. The van der Waals surface area contributed by atoms with E-state index >= 15 is 0 Å². The van der Waals surface area contributed by atoms with Crippen molar-refractivity contribution in [3.63, 3.8) is 0 Å². The zero-order valence-corrected chi connectivity index (χ0v) is 10.9. The molecule has 0 aliphatic carbocycles. The van der Waals surface area contributed by atoms with Gasteiger partial charge in [-0.2, -0.15) is 0 Å². The fourth-order valence-corrected chi connectivity index (χ4v) is 2.16. The number of benzene rings is 1.